The third kappa shape index (κ3) is 2.96. The van der Waals surface area contributed by atoms with Gasteiger partial charge in [-0.25, -0.2) is 0 Å². The van der Waals surface area contributed by atoms with Crippen LogP contribution in [-0.4, -0.2) is 29.3 Å². The monoisotopic (exact) mass is 277 g/mol. The predicted octanol–water partition coefficient (Wildman–Crippen LogP) is 2.04. The van der Waals surface area contributed by atoms with Crippen LogP contribution >= 0.6 is 0 Å². The first-order valence-electron chi connectivity index (χ1n) is 7.02. The van der Waals surface area contributed by atoms with E-state index < -0.39 is 6.10 Å². The summed E-state index contributed by atoms with van der Waals surface area (Å²) < 4.78 is 5.65. The Hall–Kier alpha value is -1.55. The maximum Gasteiger partial charge on any atom is 0.261 e. The van der Waals surface area contributed by atoms with Crippen molar-refractivity contribution in [1.29, 1.82) is 0 Å². The van der Waals surface area contributed by atoms with Crippen LogP contribution < -0.4 is 10.1 Å². The molecule has 2 N–H and O–H groups in total. The Morgan fingerprint density at radius 2 is 2.20 bits per heavy atom. The molecule has 0 heterocycles. The normalized spacial score (nSPS) is 25.4. The fourth-order valence-corrected chi connectivity index (χ4v) is 2.38. The van der Waals surface area contributed by atoms with E-state index in [1.807, 2.05) is 45.0 Å². The van der Waals surface area contributed by atoms with Crippen molar-refractivity contribution in [3.05, 3.63) is 29.8 Å². The summed E-state index contributed by atoms with van der Waals surface area (Å²) in [7, 11) is 0. The summed E-state index contributed by atoms with van der Waals surface area (Å²) in [5.41, 5.74) is 0.831. The molecule has 3 unspecified atom stereocenters. The topological polar surface area (TPSA) is 58.6 Å². The molecule has 0 aliphatic heterocycles. The van der Waals surface area contributed by atoms with Crippen LogP contribution in [0.15, 0.2) is 24.3 Å². The van der Waals surface area contributed by atoms with E-state index in [4.69, 9.17) is 4.74 Å². The summed E-state index contributed by atoms with van der Waals surface area (Å²) in [5.74, 6) is 0.553. The Bertz CT molecular complexity index is 498. The van der Waals surface area contributed by atoms with Gasteiger partial charge in [-0.3, -0.25) is 4.79 Å². The molecule has 1 fully saturated rings. The number of hydrogen-bond donors (Lipinski definition) is 2. The van der Waals surface area contributed by atoms with E-state index in [2.05, 4.69) is 5.32 Å². The highest BCUT2D eigenvalue weighted by Gasteiger charge is 2.48. The standard InChI is InChI=1S/C16H23NO3/c1-10-6-5-7-12(8-10)20-11(2)15(19)17-13-9-14(18)16(13,3)4/h5-8,11,13-14,18H,9H2,1-4H3,(H,17,19). The van der Waals surface area contributed by atoms with Crippen molar-refractivity contribution in [2.24, 2.45) is 5.41 Å². The first kappa shape index (κ1) is 14.9. The van der Waals surface area contributed by atoms with Gasteiger partial charge in [0.15, 0.2) is 6.10 Å². The smallest absolute Gasteiger partial charge is 0.261 e. The lowest BCUT2D eigenvalue weighted by molar-refractivity contribution is -0.135. The average Bonchev–Trinajstić information content (AvgIpc) is 2.38. The molecule has 1 saturated carbocycles. The summed E-state index contributed by atoms with van der Waals surface area (Å²) in [6.45, 7) is 7.63. The fraction of sp³-hybridized carbons (Fsp3) is 0.562. The average molecular weight is 277 g/mol. The van der Waals surface area contributed by atoms with Crippen LogP contribution in [0.1, 0.15) is 32.8 Å². The molecule has 1 amide bonds. The molecule has 0 spiro atoms. The van der Waals surface area contributed by atoms with Gasteiger partial charge in [0, 0.05) is 11.5 Å². The molecule has 20 heavy (non-hydrogen) atoms. The molecule has 0 radical (unpaired) electrons. The lowest BCUT2D eigenvalue weighted by atomic mass is 9.64. The number of aryl methyl sites for hydroxylation is 1. The Morgan fingerprint density at radius 1 is 1.50 bits per heavy atom. The summed E-state index contributed by atoms with van der Waals surface area (Å²) in [6.07, 6.45) is -0.290. The minimum absolute atomic E-state index is 0.00793. The van der Waals surface area contributed by atoms with E-state index in [0.29, 0.717) is 12.2 Å². The molecule has 0 bridgehead atoms. The number of ether oxygens (including phenoxy) is 1. The van der Waals surface area contributed by atoms with E-state index in [1.165, 1.54) is 0 Å². The third-order valence-corrected chi connectivity index (χ3v) is 4.20. The van der Waals surface area contributed by atoms with Crippen molar-refractivity contribution in [1.82, 2.24) is 5.32 Å². The minimum atomic E-state index is -0.551. The first-order chi connectivity index (χ1) is 9.30. The van der Waals surface area contributed by atoms with Crippen LogP contribution in [0.3, 0.4) is 0 Å². The fourth-order valence-electron chi connectivity index (χ4n) is 2.38. The summed E-state index contributed by atoms with van der Waals surface area (Å²) >= 11 is 0. The van der Waals surface area contributed by atoms with Gasteiger partial charge in [0.05, 0.1) is 6.10 Å². The summed E-state index contributed by atoms with van der Waals surface area (Å²) in [6, 6.07) is 7.64. The molecule has 1 aromatic carbocycles. The number of aliphatic hydroxyl groups is 1. The molecule has 1 aromatic rings. The zero-order chi connectivity index (χ0) is 14.9. The van der Waals surface area contributed by atoms with E-state index in [9.17, 15) is 9.90 Å². The number of hydrogen-bond acceptors (Lipinski definition) is 3. The number of rotatable bonds is 4. The number of amides is 1. The van der Waals surface area contributed by atoms with Gasteiger partial charge in [0.25, 0.3) is 5.91 Å². The predicted molar refractivity (Wildman–Crippen MR) is 77.6 cm³/mol. The molecule has 4 nitrogen and oxygen atoms in total. The van der Waals surface area contributed by atoms with E-state index in [0.717, 1.165) is 5.56 Å². The largest absolute Gasteiger partial charge is 0.481 e. The number of aliphatic hydroxyl groups excluding tert-OH is 1. The van der Waals surface area contributed by atoms with Gasteiger partial charge < -0.3 is 15.2 Å². The summed E-state index contributed by atoms with van der Waals surface area (Å²) in [4.78, 5) is 12.1. The molecular weight excluding hydrogens is 254 g/mol. The second-order valence-electron chi connectivity index (χ2n) is 6.21. The van der Waals surface area contributed by atoms with Gasteiger partial charge in [0.1, 0.15) is 5.75 Å². The molecule has 4 heteroatoms. The van der Waals surface area contributed by atoms with E-state index in [-0.39, 0.29) is 23.5 Å². The second-order valence-corrected chi connectivity index (χ2v) is 6.21. The highest BCUT2D eigenvalue weighted by Crippen LogP contribution is 2.40. The van der Waals surface area contributed by atoms with Crippen LogP contribution in [0.5, 0.6) is 5.75 Å². The van der Waals surface area contributed by atoms with Gasteiger partial charge in [0.2, 0.25) is 0 Å². The van der Waals surface area contributed by atoms with Crippen LogP contribution in [0.2, 0.25) is 0 Å². The lowest BCUT2D eigenvalue weighted by Gasteiger charge is -2.49. The molecule has 110 valence electrons. The molecule has 1 aliphatic carbocycles. The zero-order valence-corrected chi connectivity index (χ0v) is 12.5. The van der Waals surface area contributed by atoms with E-state index >= 15 is 0 Å². The van der Waals surface area contributed by atoms with Gasteiger partial charge in [-0.1, -0.05) is 26.0 Å². The highest BCUT2D eigenvalue weighted by atomic mass is 16.5. The van der Waals surface area contributed by atoms with Crippen molar-refractivity contribution < 1.29 is 14.6 Å². The van der Waals surface area contributed by atoms with Crippen molar-refractivity contribution in [3.8, 4) is 5.75 Å². The maximum atomic E-state index is 12.1. The van der Waals surface area contributed by atoms with Gasteiger partial charge in [-0.05, 0) is 38.0 Å². The van der Waals surface area contributed by atoms with Crippen molar-refractivity contribution >= 4 is 5.91 Å². The van der Waals surface area contributed by atoms with Crippen molar-refractivity contribution in [3.63, 3.8) is 0 Å². The molecule has 2 rings (SSSR count). The van der Waals surface area contributed by atoms with Crippen LogP contribution in [0.4, 0.5) is 0 Å². The first-order valence-corrected chi connectivity index (χ1v) is 7.02. The lowest BCUT2D eigenvalue weighted by Crippen LogP contribution is -2.62. The zero-order valence-electron chi connectivity index (χ0n) is 12.5. The Labute approximate surface area is 120 Å². The Morgan fingerprint density at radius 3 is 2.75 bits per heavy atom. The molecule has 3 atom stereocenters. The number of nitrogens with one attached hydrogen (secondary N) is 1. The van der Waals surface area contributed by atoms with Gasteiger partial charge in [-0.15, -0.1) is 0 Å². The molecule has 0 saturated heterocycles. The number of carbonyl (C=O) groups excluding carboxylic acids is 1. The molecule has 1 aliphatic rings. The Balaban J connectivity index is 1.90. The maximum absolute atomic E-state index is 12.1. The molecule has 0 aromatic heterocycles. The van der Waals surface area contributed by atoms with E-state index in [1.54, 1.807) is 6.92 Å². The molecular formula is C16H23NO3. The Kier molecular flexibility index (Phi) is 4.04. The minimum Gasteiger partial charge on any atom is -0.481 e. The van der Waals surface area contributed by atoms with Crippen LogP contribution in [0, 0.1) is 12.3 Å². The number of carbonyl (C=O) groups is 1. The number of benzene rings is 1. The third-order valence-electron chi connectivity index (χ3n) is 4.20. The SMILES string of the molecule is Cc1cccc(OC(C)C(=O)NC2CC(O)C2(C)C)c1. The highest BCUT2D eigenvalue weighted by molar-refractivity contribution is 5.81. The second kappa shape index (κ2) is 5.44. The van der Waals surface area contributed by atoms with Crippen molar-refractivity contribution in [2.75, 3.05) is 0 Å². The van der Waals surface area contributed by atoms with Gasteiger partial charge >= 0.3 is 0 Å². The van der Waals surface area contributed by atoms with Crippen molar-refractivity contribution in [2.45, 2.75) is 52.4 Å². The van der Waals surface area contributed by atoms with Crippen LogP contribution in [0.25, 0.3) is 0 Å². The van der Waals surface area contributed by atoms with Crippen LogP contribution in [-0.2, 0) is 4.79 Å². The van der Waals surface area contributed by atoms with Gasteiger partial charge in [-0.2, -0.15) is 0 Å². The summed E-state index contributed by atoms with van der Waals surface area (Å²) in [5, 5.41) is 12.6. The quantitative estimate of drug-likeness (QED) is 0.885.